The molecule has 1 unspecified atom stereocenters. The maximum Gasteiger partial charge on any atom is 0.221 e. The van der Waals surface area contributed by atoms with Gasteiger partial charge in [-0.05, 0) is 23.1 Å². The largest absolute Gasteiger partial charge is 0.394 e. The predicted molar refractivity (Wildman–Crippen MR) is 73.5 cm³/mol. The molecule has 4 heteroatoms. The van der Waals surface area contributed by atoms with Gasteiger partial charge < -0.3 is 10.4 Å². The molecule has 0 bridgehead atoms. The van der Waals surface area contributed by atoms with Crippen molar-refractivity contribution in [1.29, 1.82) is 0 Å². The zero-order chi connectivity index (χ0) is 13.8. The number of benzene rings is 1. The third-order valence-corrected chi connectivity index (χ3v) is 2.73. The van der Waals surface area contributed by atoms with Gasteiger partial charge in [-0.15, -0.1) is 0 Å². The van der Waals surface area contributed by atoms with E-state index in [1.165, 1.54) is 0 Å². The number of aliphatic hydroxyl groups is 1. The molecule has 0 saturated carbocycles. The van der Waals surface area contributed by atoms with Gasteiger partial charge in [-0.1, -0.05) is 44.5 Å². The maximum absolute atomic E-state index is 11.8. The molecule has 0 fully saturated rings. The number of nitrogens with one attached hydrogen (secondary N) is 1. The van der Waals surface area contributed by atoms with Crippen LogP contribution in [0, 0.1) is 5.41 Å². The second-order valence-corrected chi connectivity index (χ2v) is 6.03. The van der Waals surface area contributed by atoms with Gasteiger partial charge in [-0.3, -0.25) is 4.79 Å². The molecule has 1 aromatic carbocycles. The Hall–Kier alpha value is -1.06. The van der Waals surface area contributed by atoms with Crippen molar-refractivity contribution in [2.75, 3.05) is 6.61 Å². The Labute approximate surface area is 113 Å². The molecule has 0 aliphatic carbocycles. The van der Waals surface area contributed by atoms with Crippen LogP contribution in [0.25, 0.3) is 0 Å². The molecule has 0 saturated heterocycles. The zero-order valence-electron chi connectivity index (χ0n) is 11.0. The number of carbonyl (C=O) groups excluding carboxylic acids is 1. The number of hydrogen-bond acceptors (Lipinski definition) is 2. The van der Waals surface area contributed by atoms with E-state index in [9.17, 15) is 9.90 Å². The highest BCUT2D eigenvalue weighted by Crippen LogP contribution is 2.20. The molecule has 100 valence electrons. The fourth-order valence-electron chi connectivity index (χ4n) is 1.66. The van der Waals surface area contributed by atoms with Crippen molar-refractivity contribution in [2.24, 2.45) is 5.41 Å². The summed E-state index contributed by atoms with van der Waals surface area (Å²) in [6.07, 6.45) is 0.428. The molecule has 0 spiro atoms. The molecule has 0 aliphatic rings. The van der Waals surface area contributed by atoms with E-state index >= 15 is 0 Å². The van der Waals surface area contributed by atoms with E-state index in [-0.39, 0.29) is 24.0 Å². The number of rotatable bonds is 4. The van der Waals surface area contributed by atoms with Crippen LogP contribution in [0.5, 0.6) is 0 Å². The molecule has 1 rings (SSSR count). The molecular weight excluding hydrogens is 250 g/mol. The SMILES string of the molecule is CC(C)(C)CC(=O)NC(CO)c1ccc(Cl)cc1. The minimum Gasteiger partial charge on any atom is -0.394 e. The second kappa shape index (κ2) is 6.21. The van der Waals surface area contributed by atoms with Crippen molar-refractivity contribution >= 4 is 17.5 Å². The van der Waals surface area contributed by atoms with E-state index in [0.29, 0.717) is 11.4 Å². The van der Waals surface area contributed by atoms with Crippen LogP contribution in [0.4, 0.5) is 0 Å². The Kier molecular flexibility index (Phi) is 5.17. The summed E-state index contributed by atoms with van der Waals surface area (Å²) in [5.41, 5.74) is 0.786. The number of halogens is 1. The topological polar surface area (TPSA) is 49.3 Å². The predicted octanol–water partition coefficient (Wildman–Crippen LogP) is 2.93. The van der Waals surface area contributed by atoms with Gasteiger partial charge in [0, 0.05) is 11.4 Å². The molecule has 0 aliphatic heterocycles. The molecule has 18 heavy (non-hydrogen) atoms. The monoisotopic (exact) mass is 269 g/mol. The number of carbonyl (C=O) groups is 1. The Morgan fingerprint density at radius 2 is 1.89 bits per heavy atom. The molecule has 0 radical (unpaired) electrons. The van der Waals surface area contributed by atoms with Crippen LogP contribution in [0.2, 0.25) is 5.02 Å². The lowest BCUT2D eigenvalue weighted by molar-refractivity contribution is -0.123. The lowest BCUT2D eigenvalue weighted by atomic mass is 9.91. The highest BCUT2D eigenvalue weighted by Gasteiger charge is 2.19. The fraction of sp³-hybridized carbons (Fsp3) is 0.500. The molecule has 1 atom stereocenters. The Morgan fingerprint density at radius 1 is 1.33 bits per heavy atom. The Morgan fingerprint density at radius 3 is 2.33 bits per heavy atom. The maximum atomic E-state index is 11.8. The van der Waals surface area contributed by atoms with Crippen LogP contribution in [0.15, 0.2) is 24.3 Å². The van der Waals surface area contributed by atoms with Gasteiger partial charge >= 0.3 is 0 Å². The van der Waals surface area contributed by atoms with E-state index in [1.807, 2.05) is 20.8 Å². The highest BCUT2D eigenvalue weighted by molar-refractivity contribution is 6.30. The molecule has 3 nitrogen and oxygen atoms in total. The Bertz CT molecular complexity index is 395. The average Bonchev–Trinajstić information content (AvgIpc) is 2.25. The zero-order valence-corrected chi connectivity index (χ0v) is 11.8. The molecule has 2 N–H and O–H groups in total. The van der Waals surface area contributed by atoms with Crippen molar-refractivity contribution in [3.63, 3.8) is 0 Å². The Balaban J connectivity index is 2.68. The first-order chi connectivity index (χ1) is 8.31. The lowest BCUT2D eigenvalue weighted by Gasteiger charge is -2.21. The molecule has 0 heterocycles. The average molecular weight is 270 g/mol. The van der Waals surface area contributed by atoms with Gasteiger partial charge in [0.1, 0.15) is 0 Å². The number of aliphatic hydroxyl groups excluding tert-OH is 1. The van der Waals surface area contributed by atoms with Crippen molar-refractivity contribution in [2.45, 2.75) is 33.2 Å². The third-order valence-electron chi connectivity index (χ3n) is 2.48. The first-order valence-corrected chi connectivity index (χ1v) is 6.35. The van der Waals surface area contributed by atoms with E-state index in [2.05, 4.69) is 5.32 Å². The van der Waals surface area contributed by atoms with Crippen LogP contribution < -0.4 is 5.32 Å². The molecular formula is C14H20ClNO2. The van der Waals surface area contributed by atoms with Crippen LogP contribution in [-0.4, -0.2) is 17.6 Å². The molecule has 1 aromatic rings. The summed E-state index contributed by atoms with van der Waals surface area (Å²) in [5.74, 6) is -0.0588. The standard InChI is InChI=1S/C14H20ClNO2/c1-14(2,3)8-13(18)16-12(9-17)10-4-6-11(15)7-5-10/h4-7,12,17H,8-9H2,1-3H3,(H,16,18). The second-order valence-electron chi connectivity index (χ2n) is 5.59. The first kappa shape index (κ1) is 15.0. The van der Waals surface area contributed by atoms with Gasteiger partial charge in [0.25, 0.3) is 0 Å². The van der Waals surface area contributed by atoms with Gasteiger partial charge in [-0.25, -0.2) is 0 Å². The van der Waals surface area contributed by atoms with Crippen LogP contribution in [-0.2, 0) is 4.79 Å². The highest BCUT2D eigenvalue weighted by atomic mass is 35.5. The molecule has 0 aromatic heterocycles. The van der Waals surface area contributed by atoms with Crippen LogP contribution in [0.1, 0.15) is 38.8 Å². The van der Waals surface area contributed by atoms with E-state index < -0.39 is 0 Å². The normalized spacial score (nSPS) is 13.2. The number of amides is 1. The fourth-order valence-corrected chi connectivity index (χ4v) is 1.78. The summed E-state index contributed by atoms with van der Waals surface area (Å²) in [5, 5.41) is 12.8. The van der Waals surface area contributed by atoms with Crippen molar-refractivity contribution < 1.29 is 9.90 Å². The summed E-state index contributed by atoms with van der Waals surface area (Å²) in [4.78, 5) is 11.8. The van der Waals surface area contributed by atoms with Crippen molar-refractivity contribution in [3.05, 3.63) is 34.9 Å². The van der Waals surface area contributed by atoms with Gasteiger partial charge in [-0.2, -0.15) is 0 Å². The summed E-state index contributed by atoms with van der Waals surface area (Å²) >= 11 is 5.80. The minimum absolute atomic E-state index is 0.0588. The van der Waals surface area contributed by atoms with E-state index in [4.69, 9.17) is 11.6 Å². The smallest absolute Gasteiger partial charge is 0.221 e. The molecule has 1 amide bonds. The first-order valence-electron chi connectivity index (χ1n) is 5.97. The quantitative estimate of drug-likeness (QED) is 0.883. The summed E-state index contributed by atoms with van der Waals surface area (Å²) in [7, 11) is 0. The minimum atomic E-state index is -0.378. The summed E-state index contributed by atoms with van der Waals surface area (Å²) in [6, 6.07) is 6.73. The van der Waals surface area contributed by atoms with Crippen LogP contribution in [0.3, 0.4) is 0 Å². The van der Waals surface area contributed by atoms with Gasteiger partial charge in [0.05, 0.1) is 12.6 Å². The number of hydrogen-bond donors (Lipinski definition) is 2. The van der Waals surface area contributed by atoms with Crippen molar-refractivity contribution in [3.8, 4) is 0 Å². The summed E-state index contributed by atoms with van der Waals surface area (Å²) in [6.45, 7) is 5.88. The van der Waals surface area contributed by atoms with E-state index in [0.717, 1.165) is 5.56 Å². The summed E-state index contributed by atoms with van der Waals surface area (Å²) < 4.78 is 0. The van der Waals surface area contributed by atoms with Gasteiger partial charge in [0.2, 0.25) is 5.91 Å². The van der Waals surface area contributed by atoms with Crippen LogP contribution >= 0.6 is 11.6 Å². The van der Waals surface area contributed by atoms with E-state index in [1.54, 1.807) is 24.3 Å². The lowest BCUT2D eigenvalue weighted by Crippen LogP contribution is -2.33. The van der Waals surface area contributed by atoms with Gasteiger partial charge in [0.15, 0.2) is 0 Å². The van der Waals surface area contributed by atoms with Crippen molar-refractivity contribution in [1.82, 2.24) is 5.32 Å². The third kappa shape index (κ3) is 5.07.